The van der Waals surface area contributed by atoms with E-state index in [0.717, 1.165) is 19.3 Å². The number of allylic oxidation sites excluding steroid dienone is 4. The lowest BCUT2D eigenvalue weighted by molar-refractivity contribution is -0.0689. The molecule has 0 bridgehead atoms. The molecule has 3 aliphatic carbocycles. The zero-order valence-electron chi connectivity index (χ0n) is 9.36. The Hall–Kier alpha value is -0.120. The van der Waals surface area contributed by atoms with E-state index in [-0.39, 0.29) is 11.3 Å². The molecule has 16 heavy (non-hydrogen) atoms. The summed E-state index contributed by atoms with van der Waals surface area (Å²) in [5.74, 6) is 1.12. The van der Waals surface area contributed by atoms with Crippen molar-refractivity contribution in [2.75, 3.05) is 0 Å². The van der Waals surface area contributed by atoms with Crippen LogP contribution in [0.2, 0.25) is 0 Å². The minimum atomic E-state index is -1.13. The van der Waals surface area contributed by atoms with Gasteiger partial charge in [0.1, 0.15) is 0 Å². The first-order chi connectivity index (χ1) is 7.56. The number of hydrogen-bond acceptors (Lipinski definition) is 2. The first kappa shape index (κ1) is 11.0. The lowest BCUT2D eigenvalue weighted by Gasteiger charge is -2.30. The van der Waals surface area contributed by atoms with Crippen LogP contribution in [0.5, 0.6) is 0 Å². The Morgan fingerprint density at radius 3 is 2.81 bits per heavy atom. The molecule has 0 saturated heterocycles. The third-order valence-corrected chi connectivity index (χ3v) is 5.81. The predicted molar refractivity (Wildman–Crippen MR) is 65.7 cm³/mol. The average Bonchev–Trinajstić information content (AvgIpc) is 2.83. The van der Waals surface area contributed by atoms with Gasteiger partial charge in [-0.2, -0.15) is 0 Å². The molecule has 3 aliphatic rings. The maximum Gasteiger partial charge on any atom is 0.154 e. The van der Waals surface area contributed by atoms with Gasteiger partial charge in [0.15, 0.2) is 6.29 Å². The Morgan fingerprint density at radius 2 is 2.19 bits per heavy atom. The highest BCUT2D eigenvalue weighted by atomic mass is 79.9. The molecule has 3 rings (SSSR count). The number of rotatable bonds is 1. The van der Waals surface area contributed by atoms with E-state index in [2.05, 4.69) is 35.0 Å². The maximum absolute atomic E-state index is 9.37. The van der Waals surface area contributed by atoms with Crippen molar-refractivity contribution in [1.82, 2.24) is 0 Å². The molecule has 0 radical (unpaired) electrons. The number of aliphatic hydroxyl groups excluding tert-OH is 1. The summed E-state index contributed by atoms with van der Waals surface area (Å²) in [7, 11) is 0. The molecule has 0 amide bonds. The number of aliphatic hydroxyl groups is 2. The van der Waals surface area contributed by atoms with Gasteiger partial charge in [0.25, 0.3) is 0 Å². The summed E-state index contributed by atoms with van der Waals surface area (Å²) in [5, 5.41) is 18.7. The van der Waals surface area contributed by atoms with E-state index in [1.54, 1.807) is 0 Å². The molecular formula is C13H17BrO2. The second-order valence-electron chi connectivity index (χ2n) is 5.52. The topological polar surface area (TPSA) is 40.5 Å². The number of hydrogen-bond donors (Lipinski definition) is 2. The van der Waals surface area contributed by atoms with Crippen LogP contribution in [-0.4, -0.2) is 16.5 Å². The molecule has 2 nitrogen and oxygen atoms in total. The fourth-order valence-corrected chi connectivity index (χ4v) is 4.36. The van der Waals surface area contributed by atoms with Crippen LogP contribution in [0, 0.1) is 23.2 Å². The highest BCUT2D eigenvalue weighted by Crippen LogP contribution is 2.71. The summed E-state index contributed by atoms with van der Waals surface area (Å²) in [6.45, 7) is 2.24. The summed E-state index contributed by atoms with van der Waals surface area (Å²) in [6.07, 6.45) is 6.50. The smallest absolute Gasteiger partial charge is 0.154 e. The Balaban J connectivity index is 1.92. The van der Waals surface area contributed by atoms with Crippen molar-refractivity contribution in [3.05, 3.63) is 22.2 Å². The minimum absolute atomic E-state index is 0.101. The number of halogens is 1. The fraction of sp³-hybridized carbons (Fsp3) is 0.692. The average molecular weight is 285 g/mol. The maximum atomic E-state index is 9.37. The molecule has 0 aromatic rings. The monoisotopic (exact) mass is 284 g/mol. The van der Waals surface area contributed by atoms with Gasteiger partial charge in [-0.1, -0.05) is 40.6 Å². The fourth-order valence-electron chi connectivity index (χ4n) is 3.96. The van der Waals surface area contributed by atoms with Crippen molar-refractivity contribution < 1.29 is 10.2 Å². The Bertz CT molecular complexity index is 385. The molecule has 1 spiro atoms. The summed E-state index contributed by atoms with van der Waals surface area (Å²) in [6, 6.07) is 0. The molecule has 3 heteroatoms. The van der Waals surface area contributed by atoms with Crippen LogP contribution in [0.15, 0.2) is 22.2 Å². The first-order valence-corrected chi connectivity index (χ1v) is 6.78. The van der Waals surface area contributed by atoms with E-state index in [1.165, 1.54) is 10.1 Å². The summed E-state index contributed by atoms with van der Waals surface area (Å²) in [5.41, 5.74) is 1.70. The van der Waals surface area contributed by atoms with Crippen LogP contribution < -0.4 is 0 Å². The standard InChI is InChI=1S/C13H17BrO2/c1-7-10(14)3-2-8-4-5-13(11(7)8)6-9(13)12(15)16/h2-3,7,9,11-12,15-16H,4-6H2,1H3. The summed E-state index contributed by atoms with van der Waals surface area (Å²) >= 11 is 3.62. The summed E-state index contributed by atoms with van der Waals surface area (Å²) < 4.78 is 1.25. The zero-order valence-corrected chi connectivity index (χ0v) is 10.9. The van der Waals surface area contributed by atoms with E-state index in [1.807, 2.05) is 0 Å². The largest absolute Gasteiger partial charge is 0.368 e. The minimum Gasteiger partial charge on any atom is -0.368 e. The highest BCUT2D eigenvalue weighted by Gasteiger charge is 2.65. The van der Waals surface area contributed by atoms with Crippen molar-refractivity contribution in [2.45, 2.75) is 32.5 Å². The van der Waals surface area contributed by atoms with Crippen molar-refractivity contribution in [1.29, 1.82) is 0 Å². The second kappa shape index (κ2) is 3.44. The van der Waals surface area contributed by atoms with Crippen LogP contribution in [0.25, 0.3) is 0 Å². The van der Waals surface area contributed by atoms with Crippen LogP contribution in [0.3, 0.4) is 0 Å². The Labute approximate surface area is 104 Å². The van der Waals surface area contributed by atoms with E-state index in [9.17, 15) is 10.2 Å². The van der Waals surface area contributed by atoms with E-state index < -0.39 is 6.29 Å². The lowest BCUT2D eigenvalue weighted by Crippen LogP contribution is -2.25. The molecule has 2 N–H and O–H groups in total. The Morgan fingerprint density at radius 1 is 1.44 bits per heavy atom. The van der Waals surface area contributed by atoms with Crippen LogP contribution >= 0.6 is 15.9 Å². The van der Waals surface area contributed by atoms with Gasteiger partial charge < -0.3 is 10.2 Å². The molecule has 2 saturated carbocycles. The molecule has 4 atom stereocenters. The van der Waals surface area contributed by atoms with Gasteiger partial charge in [-0.3, -0.25) is 0 Å². The van der Waals surface area contributed by atoms with E-state index in [0.29, 0.717) is 11.8 Å². The van der Waals surface area contributed by atoms with Gasteiger partial charge in [0, 0.05) is 5.92 Å². The second-order valence-corrected chi connectivity index (χ2v) is 6.43. The molecule has 4 unspecified atom stereocenters. The Kier molecular flexibility index (Phi) is 2.36. The first-order valence-electron chi connectivity index (χ1n) is 5.98. The predicted octanol–water partition coefficient (Wildman–Crippen LogP) is 2.57. The van der Waals surface area contributed by atoms with Gasteiger partial charge in [-0.25, -0.2) is 0 Å². The highest BCUT2D eigenvalue weighted by molar-refractivity contribution is 9.11. The van der Waals surface area contributed by atoms with Gasteiger partial charge in [-0.15, -0.1) is 0 Å². The van der Waals surface area contributed by atoms with Crippen molar-refractivity contribution >= 4 is 15.9 Å². The van der Waals surface area contributed by atoms with Crippen molar-refractivity contribution in [3.63, 3.8) is 0 Å². The van der Waals surface area contributed by atoms with Crippen LogP contribution in [0.1, 0.15) is 26.2 Å². The summed E-state index contributed by atoms with van der Waals surface area (Å²) in [4.78, 5) is 0. The third-order valence-electron chi connectivity index (χ3n) is 4.83. The molecule has 88 valence electrons. The van der Waals surface area contributed by atoms with Gasteiger partial charge in [0.05, 0.1) is 0 Å². The molecule has 0 aromatic carbocycles. The SMILES string of the molecule is CC1C(Br)=CC=C2CCC3(CC3C(O)O)C21. The van der Waals surface area contributed by atoms with Crippen molar-refractivity contribution in [3.8, 4) is 0 Å². The molecule has 0 aromatic heterocycles. The van der Waals surface area contributed by atoms with Crippen LogP contribution in [-0.2, 0) is 0 Å². The quantitative estimate of drug-likeness (QED) is 0.727. The lowest BCUT2D eigenvalue weighted by atomic mass is 9.76. The molecule has 0 heterocycles. The van der Waals surface area contributed by atoms with Gasteiger partial charge in [-0.05, 0) is 41.0 Å². The van der Waals surface area contributed by atoms with Crippen LogP contribution in [0.4, 0.5) is 0 Å². The van der Waals surface area contributed by atoms with E-state index >= 15 is 0 Å². The molecule has 0 aliphatic heterocycles. The van der Waals surface area contributed by atoms with Gasteiger partial charge in [0.2, 0.25) is 0 Å². The molecule has 2 fully saturated rings. The van der Waals surface area contributed by atoms with E-state index in [4.69, 9.17) is 0 Å². The van der Waals surface area contributed by atoms with Crippen molar-refractivity contribution in [2.24, 2.45) is 23.2 Å². The molecular weight excluding hydrogens is 268 g/mol. The normalized spacial score (nSPS) is 45.7. The third kappa shape index (κ3) is 1.31. The zero-order chi connectivity index (χ0) is 11.5. The van der Waals surface area contributed by atoms with Gasteiger partial charge >= 0.3 is 0 Å². The number of fused-ring (bicyclic) bond motifs is 2.